The highest BCUT2D eigenvalue weighted by Gasteiger charge is 2.26. The van der Waals surface area contributed by atoms with E-state index in [1.54, 1.807) is 0 Å². The number of hydrogen-bond donors (Lipinski definition) is 0. The Morgan fingerprint density at radius 1 is 1.00 bits per heavy atom. The van der Waals surface area contributed by atoms with Crippen LogP contribution in [0.2, 0.25) is 0 Å². The monoisotopic (exact) mass is 248 g/mol. The van der Waals surface area contributed by atoms with E-state index in [-0.39, 0.29) is 6.29 Å². The van der Waals surface area contributed by atoms with Crippen LogP contribution in [0.4, 0.5) is 0 Å². The van der Waals surface area contributed by atoms with Crippen molar-refractivity contribution in [2.24, 2.45) is 0 Å². The molecule has 0 radical (unpaired) electrons. The van der Waals surface area contributed by atoms with Gasteiger partial charge in [-0.25, -0.2) is 0 Å². The van der Waals surface area contributed by atoms with Crippen molar-refractivity contribution in [1.82, 2.24) is 0 Å². The Balaban J connectivity index is 0.000000172. The summed E-state index contributed by atoms with van der Waals surface area (Å²) in [5.41, 5.74) is 0. The molecule has 2 heterocycles. The van der Waals surface area contributed by atoms with Gasteiger partial charge in [0.15, 0.2) is 6.29 Å². The van der Waals surface area contributed by atoms with Gasteiger partial charge in [0, 0.05) is 13.2 Å². The molecule has 0 amide bonds. The first-order valence-corrected chi connectivity index (χ1v) is 6.30. The summed E-state index contributed by atoms with van der Waals surface area (Å²) in [6.45, 7) is 10.5. The molecule has 0 saturated carbocycles. The van der Waals surface area contributed by atoms with E-state index in [2.05, 4.69) is 0 Å². The summed E-state index contributed by atoms with van der Waals surface area (Å²) in [5.74, 6) is 0. The molecule has 0 aromatic heterocycles. The van der Waals surface area contributed by atoms with E-state index in [0.29, 0.717) is 12.2 Å². The smallest absolute Gasteiger partial charge is 0.154 e. The maximum Gasteiger partial charge on any atom is 0.154 e. The summed E-state index contributed by atoms with van der Waals surface area (Å²) in [4.78, 5) is 0. The standard InChI is InChI=1S/C6H10O3.C6H14O2/c1(5-3-8-5)7-2-6-4-9-6;1-4-7-6(3)8-5-2/h5-6H,1-4H2;6H,4-5H2,1-3H3. The lowest BCUT2D eigenvalue weighted by atomic mass is 10.5. The van der Waals surface area contributed by atoms with Gasteiger partial charge < -0.3 is 23.7 Å². The molecule has 5 heteroatoms. The number of ether oxygens (including phenoxy) is 5. The second kappa shape index (κ2) is 8.83. The second-order valence-electron chi connectivity index (χ2n) is 3.93. The molecule has 0 aromatic carbocycles. The molecule has 2 unspecified atom stereocenters. The quantitative estimate of drug-likeness (QED) is 0.477. The van der Waals surface area contributed by atoms with Crippen LogP contribution in [0.15, 0.2) is 0 Å². The topological polar surface area (TPSA) is 52.8 Å². The van der Waals surface area contributed by atoms with Gasteiger partial charge in [0.05, 0.1) is 26.4 Å². The van der Waals surface area contributed by atoms with Crippen LogP contribution in [0.3, 0.4) is 0 Å². The zero-order chi connectivity index (χ0) is 12.5. The highest BCUT2D eigenvalue weighted by atomic mass is 16.7. The minimum atomic E-state index is -0.0370. The molecule has 2 fully saturated rings. The van der Waals surface area contributed by atoms with Crippen molar-refractivity contribution in [3.63, 3.8) is 0 Å². The molecule has 0 aliphatic carbocycles. The lowest BCUT2D eigenvalue weighted by Crippen LogP contribution is -2.11. The van der Waals surface area contributed by atoms with Crippen molar-refractivity contribution < 1.29 is 23.7 Å². The fourth-order valence-electron chi connectivity index (χ4n) is 1.18. The molecule has 2 atom stereocenters. The summed E-state index contributed by atoms with van der Waals surface area (Å²) >= 11 is 0. The first-order valence-electron chi connectivity index (χ1n) is 6.30. The Morgan fingerprint density at radius 2 is 1.41 bits per heavy atom. The average molecular weight is 248 g/mol. The van der Waals surface area contributed by atoms with Gasteiger partial charge in [0.1, 0.15) is 12.2 Å². The second-order valence-corrected chi connectivity index (χ2v) is 3.93. The predicted molar refractivity (Wildman–Crippen MR) is 63.0 cm³/mol. The third-order valence-electron chi connectivity index (χ3n) is 2.21. The zero-order valence-electron chi connectivity index (χ0n) is 11.0. The van der Waals surface area contributed by atoms with Gasteiger partial charge in [-0.15, -0.1) is 0 Å². The first-order chi connectivity index (χ1) is 8.26. The van der Waals surface area contributed by atoms with Crippen molar-refractivity contribution in [3.05, 3.63) is 0 Å². The lowest BCUT2D eigenvalue weighted by Gasteiger charge is -2.09. The molecule has 2 aliphatic rings. The summed E-state index contributed by atoms with van der Waals surface area (Å²) in [5, 5.41) is 0. The normalized spacial score (nSPS) is 25.4. The third-order valence-corrected chi connectivity index (χ3v) is 2.21. The van der Waals surface area contributed by atoms with Crippen LogP contribution in [0, 0.1) is 0 Å². The van der Waals surface area contributed by atoms with Crippen LogP contribution < -0.4 is 0 Å². The van der Waals surface area contributed by atoms with Crippen LogP contribution in [0.1, 0.15) is 20.8 Å². The minimum absolute atomic E-state index is 0.0370. The molecule has 0 N–H and O–H groups in total. The largest absolute Gasteiger partial charge is 0.376 e. The SMILES string of the molecule is C(OCC1CO1)C1CO1.CCOC(C)OCC. The van der Waals surface area contributed by atoms with E-state index in [9.17, 15) is 0 Å². The maximum atomic E-state index is 5.23. The summed E-state index contributed by atoms with van der Waals surface area (Å²) in [7, 11) is 0. The zero-order valence-corrected chi connectivity index (χ0v) is 11.0. The molecule has 17 heavy (non-hydrogen) atoms. The molecule has 2 aliphatic heterocycles. The highest BCUT2D eigenvalue weighted by Crippen LogP contribution is 2.12. The van der Waals surface area contributed by atoms with E-state index < -0.39 is 0 Å². The van der Waals surface area contributed by atoms with Gasteiger partial charge >= 0.3 is 0 Å². The van der Waals surface area contributed by atoms with E-state index in [4.69, 9.17) is 23.7 Å². The molecule has 5 nitrogen and oxygen atoms in total. The number of rotatable bonds is 8. The Morgan fingerprint density at radius 3 is 1.71 bits per heavy atom. The predicted octanol–water partition coefficient (Wildman–Crippen LogP) is 1.21. The van der Waals surface area contributed by atoms with Gasteiger partial charge in [0.25, 0.3) is 0 Å². The Labute approximate surface area is 103 Å². The molecule has 2 rings (SSSR count). The van der Waals surface area contributed by atoms with Gasteiger partial charge in [-0.3, -0.25) is 0 Å². The number of epoxide rings is 2. The molecular weight excluding hydrogens is 224 g/mol. The van der Waals surface area contributed by atoms with Crippen LogP contribution in [0.5, 0.6) is 0 Å². The Kier molecular flexibility index (Phi) is 7.72. The van der Waals surface area contributed by atoms with E-state index >= 15 is 0 Å². The van der Waals surface area contributed by atoms with Crippen molar-refractivity contribution in [2.45, 2.75) is 39.3 Å². The minimum Gasteiger partial charge on any atom is -0.376 e. The summed E-state index contributed by atoms with van der Waals surface area (Å²) < 4.78 is 25.2. The van der Waals surface area contributed by atoms with E-state index in [0.717, 1.165) is 39.6 Å². The van der Waals surface area contributed by atoms with Gasteiger partial charge in [-0.1, -0.05) is 0 Å². The van der Waals surface area contributed by atoms with Crippen LogP contribution in [-0.4, -0.2) is 58.1 Å². The van der Waals surface area contributed by atoms with Crippen LogP contribution >= 0.6 is 0 Å². The van der Waals surface area contributed by atoms with Crippen LogP contribution in [-0.2, 0) is 23.7 Å². The van der Waals surface area contributed by atoms with Crippen molar-refractivity contribution >= 4 is 0 Å². The van der Waals surface area contributed by atoms with Crippen molar-refractivity contribution in [3.8, 4) is 0 Å². The van der Waals surface area contributed by atoms with E-state index in [1.807, 2.05) is 20.8 Å². The fraction of sp³-hybridized carbons (Fsp3) is 1.00. The number of hydrogen-bond acceptors (Lipinski definition) is 5. The summed E-state index contributed by atoms with van der Waals surface area (Å²) in [6.07, 6.45) is 0.748. The molecule has 2 saturated heterocycles. The molecule has 102 valence electrons. The first kappa shape index (κ1) is 14.9. The van der Waals surface area contributed by atoms with Gasteiger partial charge in [-0.05, 0) is 20.8 Å². The third kappa shape index (κ3) is 9.50. The van der Waals surface area contributed by atoms with Crippen molar-refractivity contribution in [1.29, 1.82) is 0 Å². The maximum absolute atomic E-state index is 5.23. The van der Waals surface area contributed by atoms with Gasteiger partial charge in [-0.2, -0.15) is 0 Å². The van der Waals surface area contributed by atoms with Gasteiger partial charge in [0.2, 0.25) is 0 Å². The Hall–Kier alpha value is -0.200. The molecular formula is C12H24O5. The Bertz CT molecular complexity index is 162. The van der Waals surface area contributed by atoms with Crippen LogP contribution in [0.25, 0.3) is 0 Å². The van der Waals surface area contributed by atoms with Crippen molar-refractivity contribution in [2.75, 3.05) is 39.6 Å². The molecule has 0 spiro atoms. The summed E-state index contributed by atoms with van der Waals surface area (Å²) in [6, 6.07) is 0. The molecule has 0 aromatic rings. The highest BCUT2D eigenvalue weighted by molar-refractivity contribution is 4.71. The average Bonchev–Trinajstić information content (AvgIpc) is 3.14. The molecule has 0 bridgehead atoms. The van der Waals surface area contributed by atoms with E-state index in [1.165, 1.54) is 0 Å². The lowest BCUT2D eigenvalue weighted by molar-refractivity contribution is -0.123. The fourth-order valence-corrected chi connectivity index (χ4v) is 1.18.